The van der Waals surface area contributed by atoms with Crippen molar-refractivity contribution in [2.45, 2.75) is 16.0 Å². The fraction of sp³-hybridized carbons (Fsp3) is 0.0714. The molecule has 3 nitrogen and oxygen atoms in total. The molecule has 0 aliphatic carbocycles. The molecule has 0 fully saturated rings. The summed E-state index contributed by atoms with van der Waals surface area (Å²) in [6, 6.07) is 9.30. The smallest absolute Gasteiger partial charge is 0.352 e. The van der Waals surface area contributed by atoms with E-state index in [4.69, 9.17) is 0 Å². The zero-order chi connectivity index (χ0) is 15.0. The molecule has 1 amide bonds. The van der Waals surface area contributed by atoms with Crippen LogP contribution < -0.4 is 10.6 Å². The first kappa shape index (κ1) is 13.8. The minimum Gasteiger partial charge on any atom is -0.352 e. The van der Waals surface area contributed by atoms with Gasteiger partial charge in [0.05, 0.1) is 22.6 Å². The minimum atomic E-state index is -4.47. The molecule has 0 atom stereocenters. The van der Waals surface area contributed by atoms with Gasteiger partial charge < -0.3 is 10.6 Å². The van der Waals surface area contributed by atoms with Gasteiger partial charge in [-0.2, -0.15) is 13.2 Å². The van der Waals surface area contributed by atoms with Crippen molar-refractivity contribution >= 4 is 35.2 Å². The van der Waals surface area contributed by atoms with E-state index in [2.05, 4.69) is 10.6 Å². The number of amides is 1. The molecule has 0 spiro atoms. The first-order chi connectivity index (χ1) is 9.99. The molecule has 0 unspecified atom stereocenters. The Morgan fingerprint density at radius 1 is 1.14 bits per heavy atom. The van der Waals surface area contributed by atoms with Gasteiger partial charge in [-0.05, 0) is 24.3 Å². The van der Waals surface area contributed by atoms with Crippen LogP contribution in [-0.4, -0.2) is 6.41 Å². The van der Waals surface area contributed by atoms with Gasteiger partial charge in [0.25, 0.3) is 0 Å². The molecule has 1 aliphatic heterocycles. The van der Waals surface area contributed by atoms with E-state index in [-0.39, 0.29) is 5.69 Å². The lowest BCUT2D eigenvalue weighted by molar-refractivity contribution is -0.137. The van der Waals surface area contributed by atoms with E-state index in [1.807, 2.05) is 24.3 Å². The fourth-order valence-electron chi connectivity index (χ4n) is 2.08. The maximum absolute atomic E-state index is 12.9. The lowest BCUT2D eigenvalue weighted by atomic mass is 10.1. The number of benzene rings is 2. The van der Waals surface area contributed by atoms with Gasteiger partial charge >= 0.3 is 6.18 Å². The maximum atomic E-state index is 12.9. The number of nitrogens with one attached hydrogen (secondary N) is 2. The second-order valence-corrected chi connectivity index (χ2v) is 5.46. The summed E-state index contributed by atoms with van der Waals surface area (Å²) in [4.78, 5) is 11.9. The van der Waals surface area contributed by atoms with Crippen molar-refractivity contribution in [1.29, 1.82) is 0 Å². The third-order valence-electron chi connectivity index (χ3n) is 3.01. The number of para-hydroxylation sites is 1. The maximum Gasteiger partial charge on any atom is 0.416 e. The topological polar surface area (TPSA) is 41.1 Å². The second-order valence-electron chi connectivity index (χ2n) is 4.38. The Balaban J connectivity index is 2.13. The molecule has 0 radical (unpaired) electrons. The molecular weight excluding hydrogens is 301 g/mol. The molecule has 21 heavy (non-hydrogen) atoms. The Morgan fingerprint density at radius 3 is 2.62 bits per heavy atom. The zero-order valence-electron chi connectivity index (χ0n) is 10.5. The highest BCUT2D eigenvalue weighted by atomic mass is 32.2. The Morgan fingerprint density at radius 2 is 1.90 bits per heavy atom. The Labute approximate surface area is 122 Å². The Hall–Kier alpha value is -2.15. The first-order valence-corrected chi connectivity index (χ1v) is 6.80. The van der Waals surface area contributed by atoms with Gasteiger partial charge in [-0.1, -0.05) is 23.9 Å². The van der Waals surface area contributed by atoms with Gasteiger partial charge in [0.15, 0.2) is 0 Å². The Bertz CT molecular complexity index is 716. The quantitative estimate of drug-likeness (QED) is 0.686. The van der Waals surface area contributed by atoms with E-state index in [9.17, 15) is 18.0 Å². The van der Waals surface area contributed by atoms with E-state index in [1.54, 1.807) is 0 Å². The van der Waals surface area contributed by atoms with Crippen LogP contribution in [0.3, 0.4) is 0 Å². The van der Waals surface area contributed by atoms with Crippen LogP contribution in [0.2, 0.25) is 0 Å². The highest BCUT2D eigenvalue weighted by molar-refractivity contribution is 7.99. The van der Waals surface area contributed by atoms with Crippen LogP contribution in [-0.2, 0) is 11.0 Å². The van der Waals surface area contributed by atoms with Crippen LogP contribution in [0.4, 0.5) is 30.2 Å². The predicted octanol–water partition coefficient (Wildman–Crippen LogP) is 4.48. The predicted molar refractivity (Wildman–Crippen MR) is 75.0 cm³/mol. The molecule has 2 N–H and O–H groups in total. The number of rotatable bonds is 2. The molecule has 3 rings (SSSR count). The fourth-order valence-corrected chi connectivity index (χ4v) is 3.14. The summed E-state index contributed by atoms with van der Waals surface area (Å²) in [7, 11) is 0. The molecule has 1 heterocycles. The lowest BCUT2D eigenvalue weighted by Crippen LogP contribution is -2.10. The largest absolute Gasteiger partial charge is 0.416 e. The highest BCUT2D eigenvalue weighted by Crippen LogP contribution is 2.49. The van der Waals surface area contributed by atoms with Crippen molar-refractivity contribution < 1.29 is 18.0 Å². The number of alkyl halides is 3. The average molecular weight is 310 g/mol. The van der Waals surface area contributed by atoms with Crippen molar-refractivity contribution in [3.63, 3.8) is 0 Å². The lowest BCUT2D eigenvalue weighted by Gasteiger charge is -2.24. The number of hydrogen-bond acceptors (Lipinski definition) is 3. The van der Waals surface area contributed by atoms with Gasteiger partial charge in [0.1, 0.15) is 0 Å². The summed E-state index contributed by atoms with van der Waals surface area (Å²) in [5.41, 5.74) is 0.582. The molecule has 0 saturated heterocycles. The number of carbonyl (C=O) groups excluding carboxylic acids is 1. The molecule has 108 valence electrons. The average Bonchev–Trinajstić information content (AvgIpc) is 2.44. The van der Waals surface area contributed by atoms with Crippen molar-refractivity contribution in [3.8, 4) is 0 Å². The van der Waals surface area contributed by atoms with Crippen molar-refractivity contribution in [2.24, 2.45) is 0 Å². The minimum absolute atomic E-state index is 0.108. The third-order valence-corrected chi connectivity index (χ3v) is 4.13. The molecule has 7 heteroatoms. The molecule has 0 saturated carbocycles. The van der Waals surface area contributed by atoms with Gasteiger partial charge in [0.2, 0.25) is 6.41 Å². The van der Waals surface area contributed by atoms with E-state index >= 15 is 0 Å². The summed E-state index contributed by atoms with van der Waals surface area (Å²) in [6.45, 7) is 0. The molecule has 1 aliphatic rings. The van der Waals surface area contributed by atoms with Crippen LogP contribution in [0.5, 0.6) is 0 Å². The van der Waals surface area contributed by atoms with Crippen LogP contribution in [0.15, 0.2) is 46.2 Å². The summed E-state index contributed by atoms with van der Waals surface area (Å²) in [5.74, 6) is 0. The molecule has 0 aromatic heterocycles. The SMILES string of the molecule is O=CNc1cc(C(F)(F)F)cc2c1Nc1ccccc1S2. The van der Waals surface area contributed by atoms with E-state index in [0.29, 0.717) is 17.0 Å². The highest BCUT2D eigenvalue weighted by Gasteiger charge is 2.33. The van der Waals surface area contributed by atoms with Gasteiger partial charge in [-0.3, -0.25) is 4.79 Å². The molecular formula is C14H9F3N2OS. The second kappa shape index (κ2) is 5.00. The van der Waals surface area contributed by atoms with Gasteiger partial charge in [-0.25, -0.2) is 0 Å². The third kappa shape index (κ3) is 2.56. The summed E-state index contributed by atoms with van der Waals surface area (Å²) in [6.07, 6.45) is -4.10. The van der Waals surface area contributed by atoms with Crippen molar-refractivity contribution in [3.05, 3.63) is 42.0 Å². The Kier molecular flexibility index (Phi) is 3.29. The number of fused-ring (bicyclic) bond motifs is 2. The number of hydrogen-bond donors (Lipinski definition) is 2. The van der Waals surface area contributed by atoms with Crippen LogP contribution in [0.25, 0.3) is 0 Å². The van der Waals surface area contributed by atoms with Crippen molar-refractivity contribution in [2.75, 3.05) is 10.6 Å². The normalized spacial score (nSPS) is 12.9. The van der Waals surface area contributed by atoms with Crippen LogP contribution >= 0.6 is 11.8 Å². The molecule has 2 aromatic carbocycles. The standard InChI is InChI=1S/C14H9F3N2OS/c15-14(16,17)8-5-10(18-7-20)13-12(6-8)21-11-4-2-1-3-9(11)19-13/h1-7,19H,(H,18,20). The number of carbonyl (C=O) groups is 1. The molecule has 2 aromatic rings. The monoisotopic (exact) mass is 310 g/mol. The van der Waals surface area contributed by atoms with E-state index < -0.39 is 11.7 Å². The summed E-state index contributed by atoms with van der Waals surface area (Å²) < 4.78 is 38.8. The summed E-state index contributed by atoms with van der Waals surface area (Å²) >= 11 is 1.23. The summed E-state index contributed by atoms with van der Waals surface area (Å²) in [5, 5.41) is 5.39. The van der Waals surface area contributed by atoms with Gasteiger partial charge in [0, 0.05) is 9.79 Å². The number of anilines is 3. The van der Waals surface area contributed by atoms with Gasteiger partial charge in [-0.15, -0.1) is 0 Å². The van der Waals surface area contributed by atoms with E-state index in [0.717, 1.165) is 22.7 Å². The van der Waals surface area contributed by atoms with Crippen LogP contribution in [0.1, 0.15) is 5.56 Å². The first-order valence-electron chi connectivity index (χ1n) is 5.98. The molecule has 0 bridgehead atoms. The van der Waals surface area contributed by atoms with E-state index in [1.165, 1.54) is 11.8 Å². The zero-order valence-corrected chi connectivity index (χ0v) is 11.3. The van der Waals surface area contributed by atoms with Crippen LogP contribution in [0, 0.1) is 0 Å². The van der Waals surface area contributed by atoms with Crippen molar-refractivity contribution in [1.82, 2.24) is 0 Å². The number of halogens is 3.